The van der Waals surface area contributed by atoms with Crippen LogP contribution in [0.25, 0.3) is 10.9 Å². The maximum absolute atomic E-state index is 5.80. The van der Waals surface area contributed by atoms with Crippen molar-refractivity contribution in [1.29, 1.82) is 0 Å². The molecule has 0 aliphatic rings. The van der Waals surface area contributed by atoms with Gasteiger partial charge in [0.1, 0.15) is 0 Å². The summed E-state index contributed by atoms with van der Waals surface area (Å²) in [4.78, 5) is 5.47. The van der Waals surface area contributed by atoms with Gasteiger partial charge < -0.3 is 5.73 Å². The van der Waals surface area contributed by atoms with Crippen LogP contribution in [0.4, 0.5) is 0 Å². The lowest BCUT2D eigenvalue weighted by Crippen LogP contribution is -2.01. The van der Waals surface area contributed by atoms with Gasteiger partial charge in [0.15, 0.2) is 0 Å². The number of benzene rings is 1. The SMILES string of the molecule is Cn1nnnc1Sc1c(CN)cnc2ccccc12. The van der Waals surface area contributed by atoms with Gasteiger partial charge in [0.05, 0.1) is 5.52 Å². The molecule has 0 saturated carbocycles. The minimum Gasteiger partial charge on any atom is -0.326 e. The summed E-state index contributed by atoms with van der Waals surface area (Å²) < 4.78 is 1.64. The van der Waals surface area contributed by atoms with Crippen LogP contribution < -0.4 is 5.73 Å². The molecule has 0 saturated heterocycles. The number of pyridine rings is 1. The molecule has 0 unspecified atom stereocenters. The molecule has 3 rings (SSSR count). The number of para-hydroxylation sites is 1. The minimum absolute atomic E-state index is 0.436. The molecule has 0 spiro atoms. The van der Waals surface area contributed by atoms with Gasteiger partial charge in [-0.3, -0.25) is 4.98 Å². The predicted molar refractivity (Wildman–Crippen MR) is 72.6 cm³/mol. The van der Waals surface area contributed by atoms with Gasteiger partial charge in [-0.25, -0.2) is 4.68 Å². The fourth-order valence-corrected chi connectivity index (χ4v) is 2.80. The molecule has 2 N–H and O–H groups in total. The Morgan fingerprint density at radius 3 is 2.89 bits per heavy atom. The smallest absolute Gasteiger partial charge is 0.213 e. The first-order valence-corrected chi connectivity index (χ1v) is 6.58. The highest BCUT2D eigenvalue weighted by atomic mass is 32.2. The Balaban J connectivity index is 2.17. The number of aromatic nitrogens is 5. The minimum atomic E-state index is 0.436. The molecular formula is C12H12N6S. The molecule has 0 atom stereocenters. The van der Waals surface area contributed by atoms with E-state index in [0.29, 0.717) is 6.54 Å². The van der Waals surface area contributed by atoms with Gasteiger partial charge >= 0.3 is 0 Å². The van der Waals surface area contributed by atoms with Gasteiger partial charge in [0.2, 0.25) is 5.16 Å². The van der Waals surface area contributed by atoms with Crippen molar-refractivity contribution in [2.45, 2.75) is 16.6 Å². The fourth-order valence-electron chi connectivity index (χ4n) is 1.82. The Morgan fingerprint density at radius 1 is 1.32 bits per heavy atom. The summed E-state index contributed by atoms with van der Waals surface area (Å²) in [5.74, 6) is 0. The number of hydrogen-bond acceptors (Lipinski definition) is 6. The Morgan fingerprint density at radius 2 is 2.16 bits per heavy atom. The zero-order valence-corrected chi connectivity index (χ0v) is 11.1. The summed E-state index contributed by atoms with van der Waals surface area (Å²) >= 11 is 1.51. The van der Waals surface area contributed by atoms with Crippen LogP contribution in [0.15, 0.2) is 40.5 Å². The van der Waals surface area contributed by atoms with Gasteiger partial charge in [-0.15, -0.1) is 5.10 Å². The summed E-state index contributed by atoms with van der Waals surface area (Å²) in [6.07, 6.45) is 1.81. The zero-order chi connectivity index (χ0) is 13.2. The highest BCUT2D eigenvalue weighted by molar-refractivity contribution is 7.99. The van der Waals surface area contributed by atoms with Crippen molar-refractivity contribution in [3.63, 3.8) is 0 Å². The van der Waals surface area contributed by atoms with E-state index in [1.807, 2.05) is 37.5 Å². The standard InChI is InChI=1S/C12H12N6S/c1-18-12(15-16-17-18)19-11-8(6-13)7-14-10-5-3-2-4-9(10)11/h2-5,7H,6,13H2,1H3. The van der Waals surface area contributed by atoms with Gasteiger partial charge in [0.25, 0.3) is 0 Å². The van der Waals surface area contributed by atoms with E-state index in [2.05, 4.69) is 20.5 Å². The molecule has 19 heavy (non-hydrogen) atoms. The average molecular weight is 272 g/mol. The highest BCUT2D eigenvalue weighted by Crippen LogP contribution is 2.33. The van der Waals surface area contributed by atoms with Crippen molar-refractivity contribution < 1.29 is 0 Å². The summed E-state index contributed by atoms with van der Waals surface area (Å²) in [6.45, 7) is 0.436. The number of fused-ring (bicyclic) bond motifs is 1. The average Bonchev–Trinajstić information content (AvgIpc) is 2.85. The number of rotatable bonds is 3. The van der Waals surface area contributed by atoms with Crippen LogP contribution in [0.5, 0.6) is 0 Å². The Kier molecular flexibility index (Phi) is 3.14. The second-order valence-electron chi connectivity index (χ2n) is 4.02. The van der Waals surface area contributed by atoms with Crippen LogP contribution >= 0.6 is 11.8 Å². The molecule has 1 aromatic carbocycles. The van der Waals surface area contributed by atoms with Gasteiger partial charge in [-0.2, -0.15) is 0 Å². The van der Waals surface area contributed by atoms with E-state index in [1.165, 1.54) is 11.8 Å². The maximum Gasteiger partial charge on any atom is 0.213 e. The Bertz CT molecular complexity index is 723. The van der Waals surface area contributed by atoms with Crippen LogP contribution in [0, 0.1) is 0 Å². The van der Waals surface area contributed by atoms with E-state index in [0.717, 1.165) is 26.5 Å². The summed E-state index contributed by atoms with van der Waals surface area (Å²) in [5.41, 5.74) is 7.73. The zero-order valence-electron chi connectivity index (χ0n) is 10.3. The molecule has 6 nitrogen and oxygen atoms in total. The largest absolute Gasteiger partial charge is 0.326 e. The Hall–Kier alpha value is -1.99. The first-order chi connectivity index (χ1) is 9.29. The van der Waals surface area contributed by atoms with E-state index in [-0.39, 0.29) is 0 Å². The molecular weight excluding hydrogens is 260 g/mol. The monoisotopic (exact) mass is 272 g/mol. The molecule has 96 valence electrons. The van der Waals surface area contributed by atoms with Crippen LogP contribution in [0.1, 0.15) is 5.56 Å². The van der Waals surface area contributed by atoms with Crippen molar-refractivity contribution in [3.05, 3.63) is 36.0 Å². The third kappa shape index (κ3) is 2.18. The molecule has 2 heterocycles. The third-order valence-electron chi connectivity index (χ3n) is 2.79. The molecule has 0 aliphatic heterocycles. The lowest BCUT2D eigenvalue weighted by molar-refractivity contribution is 0.664. The summed E-state index contributed by atoms with van der Waals surface area (Å²) in [7, 11) is 1.81. The molecule has 3 aromatic rings. The number of tetrazole rings is 1. The summed E-state index contributed by atoms with van der Waals surface area (Å²) in [5, 5.41) is 13.3. The van der Waals surface area contributed by atoms with Gasteiger partial charge in [-0.05, 0) is 33.8 Å². The van der Waals surface area contributed by atoms with Gasteiger partial charge in [-0.1, -0.05) is 18.2 Å². The molecule has 0 fully saturated rings. The predicted octanol–water partition coefficient (Wildman–Crippen LogP) is 1.37. The first-order valence-electron chi connectivity index (χ1n) is 5.76. The van der Waals surface area contributed by atoms with Crippen molar-refractivity contribution in [2.24, 2.45) is 12.8 Å². The molecule has 0 amide bonds. The fraction of sp³-hybridized carbons (Fsp3) is 0.167. The van der Waals surface area contributed by atoms with Crippen molar-refractivity contribution in [2.75, 3.05) is 0 Å². The summed E-state index contributed by atoms with van der Waals surface area (Å²) in [6, 6.07) is 7.97. The maximum atomic E-state index is 5.80. The van der Waals surface area contributed by atoms with E-state index in [9.17, 15) is 0 Å². The van der Waals surface area contributed by atoms with Crippen molar-refractivity contribution in [1.82, 2.24) is 25.2 Å². The number of hydrogen-bond donors (Lipinski definition) is 1. The molecule has 0 bridgehead atoms. The topological polar surface area (TPSA) is 82.5 Å². The number of aryl methyl sites for hydroxylation is 1. The highest BCUT2D eigenvalue weighted by Gasteiger charge is 2.12. The molecule has 2 aromatic heterocycles. The van der Waals surface area contributed by atoms with E-state index >= 15 is 0 Å². The van der Waals surface area contributed by atoms with E-state index < -0.39 is 0 Å². The lowest BCUT2D eigenvalue weighted by atomic mass is 10.1. The second kappa shape index (κ2) is 4.94. The molecule has 0 aliphatic carbocycles. The van der Waals surface area contributed by atoms with Crippen LogP contribution in [0.3, 0.4) is 0 Å². The lowest BCUT2D eigenvalue weighted by Gasteiger charge is -2.09. The van der Waals surface area contributed by atoms with Crippen molar-refractivity contribution in [3.8, 4) is 0 Å². The first kappa shape index (κ1) is 12.1. The molecule has 7 heteroatoms. The third-order valence-corrected chi connectivity index (χ3v) is 4.01. The van der Waals surface area contributed by atoms with Crippen LogP contribution in [0.2, 0.25) is 0 Å². The van der Waals surface area contributed by atoms with E-state index in [1.54, 1.807) is 4.68 Å². The van der Waals surface area contributed by atoms with E-state index in [4.69, 9.17) is 5.73 Å². The second-order valence-corrected chi connectivity index (χ2v) is 5.00. The van der Waals surface area contributed by atoms with Gasteiger partial charge in [0, 0.05) is 30.1 Å². The van der Waals surface area contributed by atoms with Crippen LogP contribution in [-0.4, -0.2) is 25.2 Å². The van der Waals surface area contributed by atoms with Crippen LogP contribution in [-0.2, 0) is 13.6 Å². The Labute approximate surface area is 114 Å². The molecule has 0 radical (unpaired) electrons. The quantitative estimate of drug-likeness (QED) is 0.775. The number of nitrogens with two attached hydrogens (primary N) is 1. The number of nitrogens with zero attached hydrogens (tertiary/aromatic N) is 5. The van der Waals surface area contributed by atoms with Crippen molar-refractivity contribution >= 4 is 22.7 Å². The normalized spacial score (nSPS) is 11.1.